The van der Waals surface area contributed by atoms with Crippen molar-refractivity contribution in [2.75, 3.05) is 7.05 Å². The molecule has 0 unspecified atom stereocenters. The van der Waals surface area contributed by atoms with Gasteiger partial charge in [0, 0.05) is 28.6 Å². The molecule has 174 valence electrons. The molecular weight excluding hydrogens is 456 g/mol. The van der Waals surface area contributed by atoms with Crippen molar-refractivity contribution in [2.24, 2.45) is 0 Å². The van der Waals surface area contributed by atoms with Crippen LogP contribution >= 0.6 is 11.3 Å². The molecule has 1 atom stereocenters. The first-order valence-corrected chi connectivity index (χ1v) is 11.5. The number of para-hydroxylation sites is 1. The lowest BCUT2D eigenvalue weighted by atomic mass is 10.1. The zero-order valence-electron chi connectivity index (χ0n) is 18.6. The van der Waals surface area contributed by atoms with E-state index in [0.29, 0.717) is 6.54 Å². The van der Waals surface area contributed by atoms with Gasteiger partial charge in [0.25, 0.3) is 11.5 Å². The maximum absolute atomic E-state index is 14.2. The standard InChI is InChI=1S/C26H23F2N3O2S/c1-16(23-10-11-24(34-23)20-13-19(27)9-7-17(20)14-29-2)30-26(33)18-8-12-25(32)31(15-18)22-6-4-3-5-21(22)28/h3-13,15-16,29H,14H2,1-2H3,(H,30,33)/t16-/m1/s1. The Morgan fingerprint density at radius 1 is 1.06 bits per heavy atom. The summed E-state index contributed by atoms with van der Waals surface area (Å²) in [4.78, 5) is 26.9. The highest BCUT2D eigenvalue weighted by molar-refractivity contribution is 7.15. The summed E-state index contributed by atoms with van der Waals surface area (Å²) in [7, 11) is 1.83. The topological polar surface area (TPSA) is 63.1 Å². The lowest BCUT2D eigenvalue weighted by Gasteiger charge is -2.14. The summed E-state index contributed by atoms with van der Waals surface area (Å²) in [5, 5.41) is 6.01. The van der Waals surface area contributed by atoms with Crippen LogP contribution in [0.2, 0.25) is 0 Å². The minimum atomic E-state index is -0.559. The first-order valence-electron chi connectivity index (χ1n) is 10.7. The first-order chi connectivity index (χ1) is 16.4. The maximum atomic E-state index is 14.2. The summed E-state index contributed by atoms with van der Waals surface area (Å²) in [6, 6.07) is 16.7. The number of nitrogens with zero attached hydrogens (tertiary/aromatic N) is 1. The van der Waals surface area contributed by atoms with Gasteiger partial charge in [-0.25, -0.2) is 8.78 Å². The third-order valence-corrected chi connectivity index (χ3v) is 6.69. The smallest absolute Gasteiger partial charge is 0.255 e. The Labute approximate surface area is 199 Å². The largest absolute Gasteiger partial charge is 0.345 e. The van der Waals surface area contributed by atoms with Crippen molar-refractivity contribution < 1.29 is 13.6 Å². The number of halogens is 2. The fourth-order valence-electron chi connectivity index (χ4n) is 3.66. The van der Waals surface area contributed by atoms with Gasteiger partial charge in [0.2, 0.25) is 0 Å². The van der Waals surface area contributed by atoms with Crippen LogP contribution in [0.15, 0.2) is 77.7 Å². The number of hydrogen-bond acceptors (Lipinski definition) is 4. The zero-order valence-corrected chi connectivity index (χ0v) is 19.5. The van der Waals surface area contributed by atoms with Gasteiger partial charge in [0.1, 0.15) is 11.6 Å². The Hall–Kier alpha value is -3.62. The molecular formula is C26H23F2N3O2S. The molecule has 0 aliphatic heterocycles. The normalized spacial score (nSPS) is 11.9. The molecule has 2 heterocycles. The molecule has 5 nitrogen and oxygen atoms in total. The molecule has 2 aromatic carbocycles. The number of benzene rings is 2. The molecule has 1 amide bonds. The van der Waals surface area contributed by atoms with Gasteiger partial charge in [0.05, 0.1) is 17.3 Å². The number of thiophene rings is 1. The number of rotatable bonds is 7. The molecule has 4 rings (SSSR count). The van der Waals surface area contributed by atoms with Crippen molar-refractivity contribution in [2.45, 2.75) is 19.5 Å². The molecule has 4 aromatic rings. The van der Waals surface area contributed by atoms with Crippen LogP contribution in [0, 0.1) is 11.6 Å². The first kappa shape index (κ1) is 23.5. The molecule has 2 aromatic heterocycles. The number of carbonyl (C=O) groups excluding carboxylic acids is 1. The number of nitrogens with one attached hydrogen (secondary N) is 2. The van der Waals surface area contributed by atoms with Gasteiger partial charge in [-0.2, -0.15) is 0 Å². The third-order valence-electron chi connectivity index (χ3n) is 5.39. The Morgan fingerprint density at radius 2 is 1.85 bits per heavy atom. The van der Waals surface area contributed by atoms with Gasteiger partial charge in [-0.05, 0) is 67.6 Å². The van der Waals surface area contributed by atoms with E-state index in [1.54, 1.807) is 12.1 Å². The second-order valence-corrected chi connectivity index (χ2v) is 8.92. The molecule has 2 N–H and O–H groups in total. The predicted molar refractivity (Wildman–Crippen MR) is 130 cm³/mol. The SMILES string of the molecule is CNCc1ccc(F)cc1-c1ccc([C@@H](C)NC(=O)c2ccc(=O)n(-c3ccccc3F)c2)s1. The third kappa shape index (κ3) is 4.98. The highest BCUT2D eigenvalue weighted by atomic mass is 32.1. The molecule has 0 aliphatic carbocycles. The van der Waals surface area contributed by atoms with Crippen LogP contribution in [0.1, 0.15) is 33.8 Å². The minimum absolute atomic E-state index is 0.0746. The summed E-state index contributed by atoms with van der Waals surface area (Å²) < 4.78 is 29.2. The summed E-state index contributed by atoms with van der Waals surface area (Å²) in [6.45, 7) is 2.45. The maximum Gasteiger partial charge on any atom is 0.255 e. The van der Waals surface area contributed by atoms with Gasteiger partial charge in [-0.3, -0.25) is 14.2 Å². The Kier molecular flexibility index (Phi) is 7.00. The molecule has 8 heteroatoms. The molecule has 0 fully saturated rings. The van der Waals surface area contributed by atoms with E-state index in [-0.39, 0.29) is 23.1 Å². The molecule has 0 aliphatic rings. The van der Waals surface area contributed by atoms with Crippen molar-refractivity contribution in [3.8, 4) is 16.1 Å². The number of pyridine rings is 1. The molecule has 0 radical (unpaired) electrons. The predicted octanol–water partition coefficient (Wildman–Crippen LogP) is 5.05. The molecule has 0 saturated carbocycles. The van der Waals surface area contributed by atoms with Crippen LogP contribution in [0.3, 0.4) is 0 Å². The Morgan fingerprint density at radius 3 is 2.62 bits per heavy atom. The van der Waals surface area contributed by atoms with Gasteiger partial charge in [0.15, 0.2) is 0 Å². The second kappa shape index (κ2) is 10.1. The summed E-state index contributed by atoms with van der Waals surface area (Å²) in [6.07, 6.45) is 1.33. The fourth-order valence-corrected chi connectivity index (χ4v) is 4.72. The lowest BCUT2D eigenvalue weighted by Crippen LogP contribution is -2.28. The van der Waals surface area contributed by atoms with Crippen LogP contribution in [0.5, 0.6) is 0 Å². The Balaban J connectivity index is 1.55. The average molecular weight is 480 g/mol. The van der Waals surface area contributed by atoms with E-state index in [2.05, 4.69) is 10.6 Å². The molecule has 0 spiro atoms. The molecule has 0 saturated heterocycles. The molecule has 0 bridgehead atoms. The van der Waals surface area contributed by atoms with E-state index in [9.17, 15) is 18.4 Å². The van der Waals surface area contributed by atoms with E-state index in [1.807, 2.05) is 26.1 Å². The zero-order chi connectivity index (χ0) is 24.2. The highest BCUT2D eigenvalue weighted by Gasteiger charge is 2.17. The quantitative estimate of drug-likeness (QED) is 0.390. The van der Waals surface area contributed by atoms with Crippen LogP contribution in [-0.2, 0) is 6.54 Å². The van der Waals surface area contributed by atoms with Gasteiger partial charge in [-0.1, -0.05) is 18.2 Å². The van der Waals surface area contributed by atoms with Crippen LogP contribution in [0.25, 0.3) is 16.1 Å². The van der Waals surface area contributed by atoms with Gasteiger partial charge < -0.3 is 10.6 Å². The number of amides is 1. The van der Waals surface area contributed by atoms with E-state index < -0.39 is 17.3 Å². The fraction of sp³-hybridized carbons (Fsp3) is 0.154. The number of hydrogen-bond donors (Lipinski definition) is 2. The lowest BCUT2D eigenvalue weighted by molar-refractivity contribution is 0.0940. The van der Waals surface area contributed by atoms with Crippen LogP contribution in [0.4, 0.5) is 8.78 Å². The van der Waals surface area contributed by atoms with Crippen molar-refractivity contribution in [3.63, 3.8) is 0 Å². The monoisotopic (exact) mass is 479 g/mol. The van der Waals surface area contributed by atoms with Gasteiger partial charge in [-0.15, -0.1) is 11.3 Å². The summed E-state index contributed by atoms with van der Waals surface area (Å²) in [5.41, 5.74) is 1.65. The van der Waals surface area contributed by atoms with E-state index in [0.717, 1.165) is 25.4 Å². The Bertz CT molecular complexity index is 1400. The highest BCUT2D eigenvalue weighted by Crippen LogP contribution is 2.34. The van der Waals surface area contributed by atoms with Crippen molar-refractivity contribution in [1.82, 2.24) is 15.2 Å². The summed E-state index contributed by atoms with van der Waals surface area (Å²) >= 11 is 1.47. The summed E-state index contributed by atoms with van der Waals surface area (Å²) in [5.74, 6) is -1.26. The number of aromatic nitrogens is 1. The van der Waals surface area contributed by atoms with Crippen molar-refractivity contribution in [1.29, 1.82) is 0 Å². The minimum Gasteiger partial charge on any atom is -0.345 e. The average Bonchev–Trinajstić information content (AvgIpc) is 3.31. The van der Waals surface area contributed by atoms with Gasteiger partial charge >= 0.3 is 0 Å². The van der Waals surface area contributed by atoms with Crippen molar-refractivity contribution in [3.05, 3.63) is 111 Å². The second-order valence-electron chi connectivity index (χ2n) is 7.81. The number of carbonyl (C=O) groups is 1. The van der Waals surface area contributed by atoms with E-state index in [4.69, 9.17) is 0 Å². The van der Waals surface area contributed by atoms with Crippen LogP contribution in [-0.4, -0.2) is 17.5 Å². The molecule has 34 heavy (non-hydrogen) atoms. The van der Waals surface area contributed by atoms with E-state index >= 15 is 0 Å². The van der Waals surface area contributed by atoms with Crippen LogP contribution < -0.4 is 16.2 Å². The van der Waals surface area contributed by atoms with Crippen molar-refractivity contribution >= 4 is 17.2 Å². The van der Waals surface area contributed by atoms with E-state index in [1.165, 1.54) is 60.0 Å².